The Bertz CT molecular complexity index is 1020. The molecule has 138 valence electrons. The number of benzene rings is 1. The first-order valence-corrected chi connectivity index (χ1v) is 10.3. The molecule has 7 heteroatoms. The summed E-state index contributed by atoms with van der Waals surface area (Å²) in [6, 6.07) is 9.78. The fraction of sp³-hybridized carbons (Fsp3) is 0.250. The quantitative estimate of drug-likeness (QED) is 0.647. The number of carbonyl (C=O) groups is 2. The van der Waals surface area contributed by atoms with Crippen LogP contribution in [0, 0.1) is 6.92 Å². The van der Waals surface area contributed by atoms with E-state index in [-0.39, 0.29) is 5.91 Å². The molecule has 0 atom stereocenters. The Balaban J connectivity index is 1.64. The predicted octanol–water partition coefficient (Wildman–Crippen LogP) is 4.71. The highest BCUT2D eigenvalue weighted by Gasteiger charge is 2.29. The van der Waals surface area contributed by atoms with Crippen LogP contribution in [-0.4, -0.2) is 24.0 Å². The van der Waals surface area contributed by atoms with E-state index >= 15 is 0 Å². The number of ether oxygens (including phenoxy) is 1. The van der Waals surface area contributed by atoms with Gasteiger partial charge in [-0.1, -0.05) is 30.3 Å². The molecule has 1 aliphatic rings. The monoisotopic (exact) mass is 398 g/mol. The number of aryl methyl sites for hydroxylation is 2. The first-order chi connectivity index (χ1) is 13.1. The predicted molar refractivity (Wildman–Crippen MR) is 108 cm³/mol. The number of esters is 1. The van der Waals surface area contributed by atoms with E-state index in [1.807, 2.05) is 37.3 Å². The van der Waals surface area contributed by atoms with Gasteiger partial charge in [-0.25, -0.2) is 9.78 Å². The van der Waals surface area contributed by atoms with Crippen LogP contribution in [0.1, 0.15) is 42.6 Å². The van der Waals surface area contributed by atoms with Gasteiger partial charge >= 0.3 is 5.97 Å². The molecular weight excluding hydrogens is 380 g/mol. The molecule has 1 N–H and O–H groups in total. The van der Waals surface area contributed by atoms with E-state index in [1.165, 1.54) is 29.8 Å². The number of methoxy groups -OCH3 is 1. The second kappa shape index (κ2) is 7.25. The zero-order valence-electron chi connectivity index (χ0n) is 15.0. The summed E-state index contributed by atoms with van der Waals surface area (Å²) < 4.78 is 4.94. The van der Waals surface area contributed by atoms with Gasteiger partial charge in [0.1, 0.15) is 14.9 Å². The van der Waals surface area contributed by atoms with Crippen LogP contribution >= 0.6 is 22.7 Å². The number of thiophene rings is 1. The van der Waals surface area contributed by atoms with Crippen molar-refractivity contribution in [2.24, 2.45) is 0 Å². The summed E-state index contributed by atoms with van der Waals surface area (Å²) in [6.07, 6.45) is 2.83. The number of rotatable bonds is 4. The fourth-order valence-electron chi connectivity index (χ4n) is 3.28. The van der Waals surface area contributed by atoms with Crippen molar-refractivity contribution in [3.63, 3.8) is 0 Å². The van der Waals surface area contributed by atoms with Crippen LogP contribution in [0.5, 0.6) is 0 Å². The number of nitrogens with zero attached hydrogens (tertiary/aromatic N) is 1. The lowest BCUT2D eigenvalue weighted by Gasteiger charge is -2.06. The minimum atomic E-state index is -0.393. The molecule has 2 heterocycles. The Labute approximate surface area is 165 Å². The highest BCUT2D eigenvalue weighted by molar-refractivity contribution is 7.18. The first-order valence-electron chi connectivity index (χ1n) is 8.65. The summed E-state index contributed by atoms with van der Waals surface area (Å²) in [6.45, 7) is 1.83. The van der Waals surface area contributed by atoms with Gasteiger partial charge in [0.15, 0.2) is 0 Å². The Morgan fingerprint density at radius 1 is 1.15 bits per heavy atom. The van der Waals surface area contributed by atoms with E-state index < -0.39 is 5.97 Å². The number of hydrogen-bond donors (Lipinski definition) is 1. The van der Waals surface area contributed by atoms with Crippen LogP contribution < -0.4 is 5.32 Å². The molecule has 0 fully saturated rings. The highest BCUT2D eigenvalue weighted by Crippen LogP contribution is 2.40. The van der Waals surface area contributed by atoms with Crippen molar-refractivity contribution in [1.82, 2.24) is 4.98 Å². The van der Waals surface area contributed by atoms with Crippen molar-refractivity contribution in [3.8, 4) is 10.6 Å². The van der Waals surface area contributed by atoms with Crippen molar-refractivity contribution < 1.29 is 14.3 Å². The molecule has 3 aromatic rings. The number of aromatic nitrogens is 1. The lowest BCUT2D eigenvalue weighted by atomic mass is 10.1. The molecule has 1 amide bonds. The fourth-order valence-corrected chi connectivity index (χ4v) is 5.52. The first kappa shape index (κ1) is 17.9. The Hall–Kier alpha value is -2.51. The molecule has 0 aliphatic heterocycles. The van der Waals surface area contributed by atoms with Crippen LogP contribution in [0.25, 0.3) is 10.6 Å². The van der Waals surface area contributed by atoms with Crippen LogP contribution in [0.3, 0.4) is 0 Å². The molecule has 0 bridgehead atoms. The second-order valence-electron chi connectivity index (χ2n) is 6.31. The molecule has 0 radical (unpaired) electrons. The van der Waals surface area contributed by atoms with E-state index in [4.69, 9.17) is 4.74 Å². The molecular formula is C20H18N2O3S2. The second-order valence-corrected chi connectivity index (χ2v) is 8.41. The molecule has 5 nitrogen and oxygen atoms in total. The molecule has 1 aliphatic carbocycles. The third-order valence-corrected chi connectivity index (χ3v) is 6.97. The van der Waals surface area contributed by atoms with Gasteiger partial charge in [0.05, 0.1) is 18.4 Å². The molecule has 4 rings (SSSR count). The van der Waals surface area contributed by atoms with Gasteiger partial charge in [-0.05, 0) is 31.7 Å². The Morgan fingerprint density at radius 2 is 1.93 bits per heavy atom. The number of amides is 1. The SMILES string of the molecule is COC(=O)c1c(NC(=O)c2sc(-c3ccccc3)nc2C)sc2c1CCC2. The topological polar surface area (TPSA) is 68.3 Å². The van der Waals surface area contributed by atoms with Crippen molar-refractivity contribution in [2.75, 3.05) is 12.4 Å². The lowest BCUT2D eigenvalue weighted by Crippen LogP contribution is -2.14. The van der Waals surface area contributed by atoms with Crippen LogP contribution in [0.15, 0.2) is 30.3 Å². The minimum Gasteiger partial charge on any atom is -0.465 e. The number of fused-ring (bicyclic) bond motifs is 1. The van der Waals surface area contributed by atoms with Gasteiger partial charge in [0, 0.05) is 10.4 Å². The maximum atomic E-state index is 12.9. The summed E-state index contributed by atoms with van der Waals surface area (Å²) in [5, 5.41) is 4.31. The van der Waals surface area contributed by atoms with Crippen molar-refractivity contribution in [2.45, 2.75) is 26.2 Å². The number of thiazole rings is 1. The smallest absolute Gasteiger partial charge is 0.341 e. The number of carbonyl (C=O) groups excluding carboxylic acids is 2. The molecule has 27 heavy (non-hydrogen) atoms. The van der Waals surface area contributed by atoms with Gasteiger partial charge in [-0.15, -0.1) is 22.7 Å². The third-order valence-electron chi connectivity index (χ3n) is 4.56. The van der Waals surface area contributed by atoms with Gasteiger partial charge in [0.25, 0.3) is 5.91 Å². The summed E-state index contributed by atoms with van der Waals surface area (Å²) in [4.78, 5) is 31.4. The molecule has 0 unspecified atom stereocenters. The van der Waals surface area contributed by atoms with E-state index in [1.54, 1.807) is 0 Å². The summed E-state index contributed by atoms with van der Waals surface area (Å²) >= 11 is 2.83. The standard InChI is InChI=1S/C20H18N2O3S2/c1-11-16(27-18(21-11)12-7-4-3-5-8-12)17(23)22-19-15(20(24)25-2)13-9-6-10-14(13)26-19/h3-5,7-8H,6,9-10H2,1-2H3,(H,22,23). The zero-order valence-corrected chi connectivity index (χ0v) is 16.6. The average Bonchev–Trinajstić information content (AvgIpc) is 3.36. The van der Waals surface area contributed by atoms with Crippen molar-refractivity contribution >= 4 is 39.6 Å². The largest absolute Gasteiger partial charge is 0.465 e. The van der Waals surface area contributed by atoms with Gasteiger partial charge in [-0.3, -0.25) is 4.79 Å². The van der Waals surface area contributed by atoms with E-state index in [2.05, 4.69) is 10.3 Å². The van der Waals surface area contributed by atoms with E-state index in [9.17, 15) is 9.59 Å². The number of anilines is 1. The number of hydrogen-bond acceptors (Lipinski definition) is 6. The molecule has 0 spiro atoms. The molecule has 0 saturated heterocycles. The summed E-state index contributed by atoms with van der Waals surface area (Å²) in [5.74, 6) is -0.632. The van der Waals surface area contributed by atoms with Gasteiger partial charge < -0.3 is 10.1 Å². The van der Waals surface area contributed by atoms with E-state index in [0.717, 1.165) is 40.3 Å². The van der Waals surface area contributed by atoms with Gasteiger partial charge in [0.2, 0.25) is 0 Å². The zero-order chi connectivity index (χ0) is 19.0. The highest BCUT2D eigenvalue weighted by atomic mass is 32.1. The normalized spacial score (nSPS) is 12.7. The summed E-state index contributed by atoms with van der Waals surface area (Å²) in [5.41, 5.74) is 3.19. The van der Waals surface area contributed by atoms with Crippen molar-refractivity contribution in [3.05, 3.63) is 56.9 Å². The molecule has 1 aromatic carbocycles. The minimum absolute atomic E-state index is 0.239. The molecule has 2 aromatic heterocycles. The average molecular weight is 399 g/mol. The number of nitrogens with one attached hydrogen (secondary N) is 1. The van der Waals surface area contributed by atoms with Crippen LogP contribution in [-0.2, 0) is 17.6 Å². The van der Waals surface area contributed by atoms with Crippen molar-refractivity contribution in [1.29, 1.82) is 0 Å². The van der Waals surface area contributed by atoms with Crippen LogP contribution in [0.2, 0.25) is 0 Å². The third kappa shape index (κ3) is 3.28. The van der Waals surface area contributed by atoms with Crippen LogP contribution in [0.4, 0.5) is 5.00 Å². The van der Waals surface area contributed by atoms with E-state index in [0.29, 0.717) is 21.1 Å². The maximum absolute atomic E-state index is 12.9. The Kier molecular flexibility index (Phi) is 4.80. The van der Waals surface area contributed by atoms with Gasteiger partial charge in [-0.2, -0.15) is 0 Å². The lowest BCUT2D eigenvalue weighted by molar-refractivity contribution is 0.0601. The Morgan fingerprint density at radius 3 is 2.67 bits per heavy atom. The summed E-state index contributed by atoms with van der Waals surface area (Å²) in [7, 11) is 1.37. The molecule has 0 saturated carbocycles. The maximum Gasteiger partial charge on any atom is 0.341 e.